The lowest BCUT2D eigenvalue weighted by Crippen LogP contribution is -2.36. The number of nitrogens with zero attached hydrogens (tertiary/aromatic N) is 5. The van der Waals surface area contributed by atoms with Gasteiger partial charge in [-0.2, -0.15) is 18.2 Å². The van der Waals surface area contributed by atoms with Crippen LogP contribution in [0.5, 0.6) is 0 Å². The quantitative estimate of drug-likeness (QED) is 0.241. The number of azide groups is 1. The van der Waals surface area contributed by atoms with Crippen LogP contribution in [0.4, 0.5) is 19.0 Å². The summed E-state index contributed by atoms with van der Waals surface area (Å²) in [7, 11) is 0. The Balaban J connectivity index is 2.15. The summed E-state index contributed by atoms with van der Waals surface area (Å²) in [4.78, 5) is 29.0. The maximum Gasteiger partial charge on any atom is 0.471 e. The molecule has 162 valence electrons. The van der Waals surface area contributed by atoms with Gasteiger partial charge in [0.2, 0.25) is 0 Å². The SMILES string of the molecule is [N-]=[N+]=NCO[C@H]1C[C@H](n2cc(C#CCNC(=O)C(F)(F)F)c(N)nc2=O)O[C@@H]1CO. The topological polar surface area (TPSA) is 177 Å². The van der Waals surface area contributed by atoms with Crippen molar-refractivity contribution in [2.45, 2.75) is 31.0 Å². The third-order valence-electron chi connectivity index (χ3n) is 3.88. The Labute approximate surface area is 166 Å². The first kappa shape index (κ1) is 23.0. The normalized spacial score (nSPS) is 20.7. The second kappa shape index (κ2) is 9.94. The number of carbonyl (C=O) groups excluding carboxylic acids is 1. The minimum absolute atomic E-state index is 0.0125. The zero-order valence-electron chi connectivity index (χ0n) is 15.2. The highest BCUT2D eigenvalue weighted by atomic mass is 19.4. The highest BCUT2D eigenvalue weighted by Crippen LogP contribution is 2.30. The molecule has 0 unspecified atom stereocenters. The molecular weight excluding hydrogens is 415 g/mol. The molecule has 0 aromatic carbocycles. The maximum absolute atomic E-state index is 12.2. The molecule has 2 heterocycles. The van der Waals surface area contributed by atoms with Gasteiger partial charge in [0, 0.05) is 17.5 Å². The van der Waals surface area contributed by atoms with Crippen molar-refractivity contribution >= 4 is 11.7 Å². The number of alkyl halides is 3. The number of rotatable bonds is 6. The van der Waals surface area contributed by atoms with Crippen LogP contribution in [0.1, 0.15) is 18.2 Å². The maximum atomic E-state index is 12.2. The molecule has 1 fully saturated rings. The van der Waals surface area contributed by atoms with E-state index < -0.39 is 49.4 Å². The van der Waals surface area contributed by atoms with Crippen LogP contribution in [0.2, 0.25) is 0 Å². The molecule has 0 spiro atoms. The van der Waals surface area contributed by atoms with E-state index >= 15 is 0 Å². The number of aliphatic hydroxyl groups is 1. The molecule has 4 N–H and O–H groups in total. The molecule has 3 atom stereocenters. The number of nitrogens with two attached hydrogens (primary N) is 1. The average Bonchev–Trinajstić information content (AvgIpc) is 3.08. The second-order valence-corrected chi connectivity index (χ2v) is 5.82. The molecule has 1 amide bonds. The first-order chi connectivity index (χ1) is 14.2. The summed E-state index contributed by atoms with van der Waals surface area (Å²) >= 11 is 0. The molecule has 1 aromatic heterocycles. The van der Waals surface area contributed by atoms with Crippen LogP contribution in [0.25, 0.3) is 10.4 Å². The molecule has 2 rings (SSSR count). The summed E-state index contributed by atoms with van der Waals surface area (Å²) in [5.74, 6) is 2.29. The van der Waals surface area contributed by atoms with Crippen LogP contribution >= 0.6 is 0 Å². The molecule has 0 radical (unpaired) electrons. The number of nitrogen functional groups attached to an aromatic ring is 1. The van der Waals surface area contributed by atoms with E-state index in [4.69, 9.17) is 20.7 Å². The highest BCUT2D eigenvalue weighted by molar-refractivity contribution is 5.81. The van der Waals surface area contributed by atoms with E-state index in [-0.39, 0.29) is 24.5 Å². The minimum atomic E-state index is -5.03. The Morgan fingerprint density at radius 3 is 2.97 bits per heavy atom. The molecule has 0 saturated carbocycles. The number of carbonyl (C=O) groups is 1. The number of aliphatic hydroxyl groups excluding tert-OH is 1. The van der Waals surface area contributed by atoms with E-state index in [0.29, 0.717) is 0 Å². The fourth-order valence-electron chi connectivity index (χ4n) is 2.51. The van der Waals surface area contributed by atoms with Gasteiger partial charge in [0.05, 0.1) is 24.8 Å². The van der Waals surface area contributed by atoms with E-state index in [1.807, 2.05) is 0 Å². The van der Waals surface area contributed by atoms with Crippen LogP contribution in [-0.4, -0.2) is 58.8 Å². The van der Waals surface area contributed by atoms with Gasteiger partial charge in [0.1, 0.15) is 24.9 Å². The number of hydrogen-bond donors (Lipinski definition) is 3. The van der Waals surface area contributed by atoms with Crippen molar-refractivity contribution in [1.82, 2.24) is 14.9 Å². The molecule has 1 aliphatic rings. The van der Waals surface area contributed by atoms with E-state index in [1.54, 1.807) is 5.32 Å². The summed E-state index contributed by atoms with van der Waals surface area (Å²) in [6.07, 6.45) is -6.13. The summed E-state index contributed by atoms with van der Waals surface area (Å²) in [5, 5.41) is 14.2. The van der Waals surface area contributed by atoms with E-state index in [0.717, 1.165) is 4.57 Å². The van der Waals surface area contributed by atoms with Crippen LogP contribution in [0.3, 0.4) is 0 Å². The van der Waals surface area contributed by atoms with Crippen molar-refractivity contribution in [1.29, 1.82) is 0 Å². The largest absolute Gasteiger partial charge is 0.471 e. The molecule has 1 aliphatic heterocycles. The van der Waals surface area contributed by atoms with Gasteiger partial charge in [-0.3, -0.25) is 9.36 Å². The van der Waals surface area contributed by atoms with Gasteiger partial charge in [-0.05, 0) is 5.53 Å². The molecule has 0 aliphatic carbocycles. The van der Waals surface area contributed by atoms with Gasteiger partial charge in [0.25, 0.3) is 0 Å². The van der Waals surface area contributed by atoms with Crippen LogP contribution in [-0.2, 0) is 14.3 Å². The van der Waals surface area contributed by atoms with E-state index in [9.17, 15) is 27.9 Å². The van der Waals surface area contributed by atoms with Crippen LogP contribution < -0.4 is 16.7 Å². The molecule has 1 aromatic rings. The molecule has 1 saturated heterocycles. The first-order valence-corrected chi connectivity index (χ1v) is 8.28. The number of halogens is 3. The standard InChI is InChI=1S/C15H16F3N7O5/c16-15(17,18)13(27)21-3-1-2-8-5-25(14(28)23-12(8)19)11-4-9(10(6-26)30-11)29-7-22-24-20/h5,9-11,26H,3-4,6-7H2,(H,21,27)(H2,19,23,28)/t9-,10+,11+/m0/s1. The second-order valence-electron chi connectivity index (χ2n) is 5.82. The summed E-state index contributed by atoms with van der Waals surface area (Å²) < 4.78 is 48.3. The number of ether oxygens (including phenoxy) is 2. The Morgan fingerprint density at radius 1 is 1.60 bits per heavy atom. The Kier molecular flexibility index (Phi) is 7.61. The van der Waals surface area contributed by atoms with Gasteiger partial charge in [-0.25, -0.2) is 4.79 Å². The Hall–Kier alpha value is -3.31. The van der Waals surface area contributed by atoms with Crippen molar-refractivity contribution in [3.8, 4) is 11.8 Å². The molecule has 15 heteroatoms. The van der Waals surface area contributed by atoms with Gasteiger partial charge in [-0.1, -0.05) is 17.0 Å². The first-order valence-electron chi connectivity index (χ1n) is 8.28. The fourth-order valence-corrected chi connectivity index (χ4v) is 2.51. The van der Waals surface area contributed by atoms with Crippen LogP contribution in [0, 0.1) is 11.8 Å². The number of nitrogens with one attached hydrogen (secondary N) is 1. The molecule has 0 bridgehead atoms. The van der Waals surface area contributed by atoms with E-state index in [1.165, 1.54) is 6.20 Å². The lowest BCUT2D eigenvalue weighted by atomic mass is 10.2. The number of hydrogen-bond acceptors (Lipinski definition) is 8. The summed E-state index contributed by atoms with van der Waals surface area (Å²) in [6, 6.07) is 0. The fraction of sp³-hybridized carbons (Fsp3) is 0.533. The number of aromatic nitrogens is 2. The van der Waals surface area contributed by atoms with Gasteiger partial charge < -0.3 is 25.6 Å². The smallest absolute Gasteiger partial charge is 0.394 e. The van der Waals surface area contributed by atoms with Crippen molar-refractivity contribution in [3.05, 3.63) is 32.7 Å². The summed E-state index contributed by atoms with van der Waals surface area (Å²) in [5.41, 5.74) is 13.1. The average molecular weight is 431 g/mol. The van der Waals surface area contributed by atoms with Crippen molar-refractivity contribution in [2.24, 2.45) is 5.11 Å². The van der Waals surface area contributed by atoms with E-state index in [2.05, 4.69) is 26.9 Å². The van der Waals surface area contributed by atoms with Gasteiger partial charge >= 0.3 is 17.8 Å². The Morgan fingerprint density at radius 2 is 2.33 bits per heavy atom. The monoisotopic (exact) mass is 431 g/mol. The third-order valence-corrected chi connectivity index (χ3v) is 3.88. The molecule has 30 heavy (non-hydrogen) atoms. The minimum Gasteiger partial charge on any atom is -0.394 e. The predicted molar refractivity (Wildman–Crippen MR) is 93.4 cm³/mol. The molecular formula is C15H16F3N7O5. The zero-order chi connectivity index (χ0) is 22.3. The summed E-state index contributed by atoms with van der Waals surface area (Å²) in [6.45, 7) is -1.35. The van der Waals surface area contributed by atoms with Crippen molar-refractivity contribution in [2.75, 3.05) is 25.6 Å². The number of amides is 1. The van der Waals surface area contributed by atoms with Gasteiger partial charge in [0.15, 0.2) is 0 Å². The lowest BCUT2D eigenvalue weighted by Gasteiger charge is -2.15. The van der Waals surface area contributed by atoms with Crippen molar-refractivity contribution in [3.63, 3.8) is 0 Å². The third kappa shape index (κ3) is 5.84. The van der Waals surface area contributed by atoms with Crippen molar-refractivity contribution < 1.29 is 32.5 Å². The predicted octanol–water partition coefficient (Wildman–Crippen LogP) is -0.212. The highest BCUT2D eigenvalue weighted by Gasteiger charge is 2.38. The van der Waals surface area contributed by atoms with Gasteiger partial charge in [-0.15, -0.1) is 0 Å². The molecule has 12 nitrogen and oxygen atoms in total. The number of anilines is 1. The lowest BCUT2D eigenvalue weighted by molar-refractivity contribution is -0.173. The van der Waals surface area contributed by atoms with Crippen LogP contribution in [0.15, 0.2) is 16.1 Å². The Bertz CT molecular complexity index is 949. The zero-order valence-corrected chi connectivity index (χ0v) is 15.2.